The maximum Gasteiger partial charge on any atom is 0.215 e. The number of nitrogens with one attached hydrogen (secondary N) is 2. The summed E-state index contributed by atoms with van der Waals surface area (Å²) in [5.74, 6) is 0.103. The van der Waals surface area contributed by atoms with E-state index in [1.54, 1.807) is 12.1 Å². The summed E-state index contributed by atoms with van der Waals surface area (Å²) in [6.45, 7) is 3.17. The third-order valence-electron chi connectivity index (χ3n) is 5.17. The topological polar surface area (TPSA) is 68.6 Å². The van der Waals surface area contributed by atoms with Gasteiger partial charge in [0.2, 0.25) is 5.90 Å². The van der Waals surface area contributed by atoms with Crippen molar-refractivity contribution in [2.75, 3.05) is 31.6 Å². The van der Waals surface area contributed by atoms with Gasteiger partial charge in [0.05, 0.1) is 18.8 Å². The normalized spacial score (nSPS) is 16.7. The molecule has 1 saturated heterocycles. The first-order chi connectivity index (χ1) is 14.1. The molecule has 1 atom stereocenters. The van der Waals surface area contributed by atoms with E-state index in [-0.39, 0.29) is 18.5 Å². The van der Waals surface area contributed by atoms with Crippen LogP contribution in [0.4, 0.5) is 5.69 Å². The standard InChI is InChI=1S/C22H27Cl2N3O2/c23-17-6-4-16(5-7-17)14-26-21-9-8-18(24)13-20(21)22(25)29-12-2-11-27-10-1-3-19(27)15-28/h4-9,13,19,25-26,28H,1-3,10-12,14-15H2/t19-/m0/s1. The molecule has 3 rings (SSSR count). The number of hydrogen-bond donors (Lipinski definition) is 3. The van der Waals surface area contributed by atoms with E-state index in [1.165, 1.54) is 0 Å². The summed E-state index contributed by atoms with van der Waals surface area (Å²) in [6.07, 6.45) is 3.00. The lowest BCUT2D eigenvalue weighted by Crippen LogP contribution is -2.33. The van der Waals surface area contributed by atoms with Crippen LogP contribution in [0.5, 0.6) is 0 Å². The summed E-state index contributed by atoms with van der Waals surface area (Å²) in [4.78, 5) is 2.30. The fraction of sp³-hybridized carbons (Fsp3) is 0.409. The lowest BCUT2D eigenvalue weighted by Gasteiger charge is -2.22. The number of aliphatic hydroxyl groups is 1. The number of benzene rings is 2. The average Bonchev–Trinajstić information content (AvgIpc) is 3.19. The van der Waals surface area contributed by atoms with E-state index in [1.807, 2.05) is 30.3 Å². The van der Waals surface area contributed by atoms with Gasteiger partial charge in [0.25, 0.3) is 0 Å². The number of aliphatic hydroxyl groups excluding tert-OH is 1. The van der Waals surface area contributed by atoms with Crippen molar-refractivity contribution in [1.82, 2.24) is 4.90 Å². The molecule has 1 heterocycles. The summed E-state index contributed by atoms with van der Waals surface area (Å²) < 4.78 is 5.70. The van der Waals surface area contributed by atoms with Gasteiger partial charge in [0.1, 0.15) is 0 Å². The number of anilines is 1. The average molecular weight is 436 g/mol. The number of rotatable bonds is 9. The van der Waals surface area contributed by atoms with Gasteiger partial charge < -0.3 is 15.2 Å². The highest BCUT2D eigenvalue weighted by Crippen LogP contribution is 2.23. The summed E-state index contributed by atoms with van der Waals surface area (Å²) in [5, 5.41) is 22.4. The van der Waals surface area contributed by atoms with Gasteiger partial charge in [-0.25, -0.2) is 0 Å². The molecule has 2 aromatic rings. The highest BCUT2D eigenvalue weighted by atomic mass is 35.5. The van der Waals surface area contributed by atoms with E-state index >= 15 is 0 Å². The van der Waals surface area contributed by atoms with Gasteiger partial charge in [-0.15, -0.1) is 0 Å². The molecule has 0 unspecified atom stereocenters. The minimum absolute atomic E-state index is 0.103. The van der Waals surface area contributed by atoms with Crippen molar-refractivity contribution in [2.45, 2.75) is 31.8 Å². The van der Waals surface area contributed by atoms with Gasteiger partial charge in [-0.3, -0.25) is 10.3 Å². The lowest BCUT2D eigenvalue weighted by molar-refractivity contribution is 0.149. The zero-order chi connectivity index (χ0) is 20.6. The number of ether oxygens (including phenoxy) is 1. The Bertz CT molecular complexity index is 814. The zero-order valence-corrected chi connectivity index (χ0v) is 17.8. The van der Waals surface area contributed by atoms with Crippen LogP contribution in [-0.2, 0) is 11.3 Å². The van der Waals surface area contributed by atoms with Crippen molar-refractivity contribution >= 4 is 34.8 Å². The van der Waals surface area contributed by atoms with Crippen molar-refractivity contribution in [3.8, 4) is 0 Å². The Morgan fingerprint density at radius 2 is 1.93 bits per heavy atom. The third-order valence-corrected chi connectivity index (χ3v) is 5.66. The van der Waals surface area contributed by atoms with Crippen LogP contribution in [0.3, 0.4) is 0 Å². The van der Waals surface area contributed by atoms with Gasteiger partial charge in [-0.1, -0.05) is 35.3 Å². The molecule has 29 heavy (non-hydrogen) atoms. The second-order valence-corrected chi connectivity index (χ2v) is 8.09. The fourth-order valence-electron chi connectivity index (χ4n) is 3.57. The molecule has 3 N–H and O–H groups in total. The van der Waals surface area contributed by atoms with Crippen molar-refractivity contribution in [2.24, 2.45) is 0 Å². The van der Waals surface area contributed by atoms with E-state index in [0.29, 0.717) is 28.8 Å². The smallest absolute Gasteiger partial charge is 0.215 e. The van der Waals surface area contributed by atoms with E-state index in [9.17, 15) is 5.11 Å². The summed E-state index contributed by atoms with van der Waals surface area (Å²) in [7, 11) is 0. The van der Waals surface area contributed by atoms with Crippen molar-refractivity contribution in [3.63, 3.8) is 0 Å². The van der Waals surface area contributed by atoms with Gasteiger partial charge in [0, 0.05) is 34.9 Å². The molecule has 156 valence electrons. The Labute approximate surface area is 182 Å². The first-order valence-corrected chi connectivity index (χ1v) is 10.7. The SMILES string of the molecule is N=C(OCCCN1CCC[C@H]1CO)c1cc(Cl)ccc1NCc1ccc(Cl)cc1. The molecule has 0 spiro atoms. The van der Waals surface area contributed by atoms with E-state index in [2.05, 4.69) is 10.2 Å². The van der Waals surface area contributed by atoms with Crippen LogP contribution < -0.4 is 5.32 Å². The molecule has 0 saturated carbocycles. The predicted molar refractivity (Wildman–Crippen MR) is 119 cm³/mol. The van der Waals surface area contributed by atoms with Crippen molar-refractivity contribution < 1.29 is 9.84 Å². The molecule has 7 heteroatoms. The number of likely N-dealkylation sites (tertiary alicyclic amines) is 1. The van der Waals surface area contributed by atoms with Crippen LogP contribution in [0.15, 0.2) is 42.5 Å². The second-order valence-electron chi connectivity index (χ2n) is 7.22. The molecular weight excluding hydrogens is 409 g/mol. The largest absolute Gasteiger partial charge is 0.478 e. The van der Waals surface area contributed by atoms with Crippen LogP contribution >= 0.6 is 23.2 Å². The summed E-state index contributed by atoms with van der Waals surface area (Å²) >= 11 is 12.1. The van der Waals surface area contributed by atoms with Gasteiger partial charge in [-0.2, -0.15) is 0 Å². The minimum Gasteiger partial charge on any atom is -0.478 e. The Kier molecular flexibility index (Phi) is 8.19. The molecular formula is C22H27Cl2N3O2. The quantitative estimate of drug-likeness (QED) is 0.300. The highest BCUT2D eigenvalue weighted by molar-refractivity contribution is 6.31. The molecule has 0 radical (unpaired) electrons. The molecule has 5 nitrogen and oxygen atoms in total. The van der Waals surface area contributed by atoms with E-state index in [0.717, 1.165) is 43.6 Å². The maximum absolute atomic E-state index is 9.40. The molecule has 1 aliphatic heterocycles. The van der Waals surface area contributed by atoms with Crippen molar-refractivity contribution in [3.05, 3.63) is 63.6 Å². The molecule has 0 aliphatic carbocycles. The van der Waals surface area contributed by atoms with Crippen LogP contribution in [0, 0.1) is 5.41 Å². The summed E-state index contributed by atoms with van der Waals surface area (Å²) in [5.41, 5.74) is 2.53. The Morgan fingerprint density at radius 1 is 1.17 bits per heavy atom. The van der Waals surface area contributed by atoms with Crippen LogP contribution in [0.1, 0.15) is 30.4 Å². The van der Waals surface area contributed by atoms with Gasteiger partial charge in [0.15, 0.2) is 0 Å². The monoisotopic (exact) mass is 435 g/mol. The van der Waals surface area contributed by atoms with Gasteiger partial charge >= 0.3 is 0 Å². The molecule has 1 aliphatic rings. The first kappa shape index (κ1) is 21.9. The first-order valence-electron chi connectivity index (χ1n) is 9.91. The van der Waals surface area contributed by atoms with Crippen LogP contribution in [0.25, 0.3) is 0 Å². The lowest BCUT2D eigenvalue weighted by atomic mass is 10.1. The number of halogens is 2. The Morgan fingerprint density at radius 3 is 2.69 bits per heavy atom. The molecule has 1 fully saturated rings. The Balaban J connectivity index is 1.53. The molecule has 0 bridgehead atoms. The third kappa shape index (κ3) is 6.34. The van der Waals surface area contributed by atoms with Crippen molar-refractivity contribution in [1.29, 1.82) is 5.41 Å². The fourth-order valence-corrected chi connectivity index (χ4v) is 3.87. The van der Waals surface area contributed by atoms with Crippen LogP contribution in [-0.4, -0.2) is 48.2 Å². The van der Waals surface area contributed by atoms with E-state index in [4.69, 9.17) is 33.3 Å². The molecule has 0 amide bonds. The Hall–Kier alpha value is -1.79. The second kappa shape index (κ2) is 10.8. The van der Waals surface area contributed by atoms with Crippen LogP contribution in [0.2, 0.25) is 10.0 Å². The molecule has 0 aromatic heterocycles. The highest BCUT2D eigenvalue weighted by Gasteiger charge is 2.22. The molecule has 2 aromatic carbocycles. The minimum atomic E-state index is 0.103. The summed E-state index contributed by atoms with van der Waals surface area (Å²) in [6, 6.07) is 13.3. The number of hydrogen-bond acceptors (Lipinski definition) is 5. The zero-order valence-electron chi connectivity index (χ0n) is 16.3. The van der Waals surface area contributed by atoms with Gasteiger partial charge in [-0.05, 0) is 61.7 Å². The maximum atomic E-state index is 9.40. The predicted octanol–water partition coefficient (Wildman–Crippen LogP) is 4.79. The number of nitrogens with zero attached hydrogens (tertiary/aromatic N) is 1. The van der Waals surface area contributed by atoms with E-state index < -0.39 is 0 Å².